The predicted molar refractivity (Wildman–Crippen MR) is 292 cm³/mol. The number of carboxylic acid groups (broad SMARTS) is 1. The largest absolute Gasteiger partial charge is 0.477 e. The number of carbonyl (C=O) groups is 2. The molecule has 0 saturated carbocycles. The van der Waals surface area contributed by atoms with Crippen molar-refractivity contribution in [2.24, 2.45) is 4.99 Å². The molecule has 0 amide bonds. The van der Waals surface area contributed by atoms with Crippen LogP contribution < -0.4 is 25.8 Å². The smallest absolute Gasteiger partial charge is 0.355 e. The molecule has 1 aliphatic heterocycles. The van der Waals surface area contributed by atoms with Gasteiger partial charge in [-0.1, -0.05) is 36.4 Å². The summed E-state index contributed by atoms with van der Waals surface area (Å²) in [7, 11) is -4.88. The summed E-state index contributed by atoms with van der Waals surface area (Å²) in [6.07, 6.45) is 2.58. The number of nitrogens with two attached hydrogens (primary N) is 1. The number of hydrogen-bond acceptors (Lipinski definition) is 15. The highest BCUT2D eigenvalue weighted by Gasteiger charge is 2.26. The zero-order chi connectivity index (χ0) is 55.2. The number of ether oxygens (including phenoxy) is 1. The number of benzene rings is 4. The fourth-order valence-electron chi connectivity index (χ4n) is 9.29. The molecule has 0 bridgehead atoms. The third-order valence-electron chi connectivity index (χ3n) is 13.4. The lowest BCUT2D eigenvalue weighted by Gasteiger charge is -2.29. The maximum atomic E-state index is 14.8. The van der Waals surface area contributed by atoms with E-state index in [-0.39, 0.29) is 76.7 Å². The number of sulfonamides is 2. The first kappa shape index (κ1) is 55.4. The number of aromatic nitrogens is 3. The molecule has 3 aromatic heterocycles. The summed E-state index contributed by atoms with van der Waals surface area (Å²) in [4.78, 5) is 37.3. The minimum Gasteiger partial charge on any atom is -0.477 e. The zero-order valence-electron chi connectivity index (χ0n) is 42.8. The van der Waals surface area contributed by atoms with Crippen LogP contribution in [0.1, 0.15) is 80.7 Å². The molecule has 0 aliphatic carbocycles. The summed E-state index contributed by atoms with van der Waals surface area (Å²) in [6, 6.07) is 30.7. The van der Waals surface area contributed by atoms with E-state index in [1.54, 1.807) is 56.5 Å². The Morgan fingerprint density at radius 2 is 1.32 bits per heavy atom. The Balaban J connectivity index is 1.04. The second kappa shape index (κ2) is 23.6. The standard InChI is InChI=1S/C54H60N12O9S2/c1-33(17-35-11-13-45-39(19-35)24-47(53(68)69)65(45)30-37-7-5-9-43(21-37)76(71,72)58-3)60-28-49(42-23-41(26-55)52(57)62-27-42)75-54(70)48-25-40-20-36(18-34(2)61-29-51(67)64-16-15-50(56)63-32-64)12-14-46(40)66(48)31-38-8-6-10-44(22-38)77(73,74)59-4/h5-14,19-25,27,32-34,49,51,56,58-61,67H,15-18,28-31H2,1-4H3,(H2,57,62)(H,68,69). The number of aliphatic hydroxyl groups is 1. The number of nitrogen functional groups attached to an aromatic ring is 1. The molecule has 0 radical (unpaired) electrons. The molecule has 4 unspecified atom stereocenters. The van der Waals surface area contributed by atoms with Crippen LogP contribution in [-0.2, 0) is 50.7 Å². The van der Waals surface area contributed by atoms with Crippen molar-refractivity contribution >= 4 is 71.8 Å². The minimum absolute atomic E-state index is 0.00550. The van der Waals surface area contributed by atoms with Crippen LogP contribution in [0.4, 0.5) is 5.82 Å². The van der Waals surface area contributed by atoms with E-state index in [1.807, 2.05) is 50.2 Å². The second-order valence-corrected chi connectivity index (χ2v) is 22.7. The van der Waals surface area contributed by atoms with E-state index in [1.165, 1.54) is 50.9 Å². The molecule has 0 spiro atoms. The van der Waals surface area contributed by atoms with Crippen molar-refractivity contribution in [3.8, 4) is 6.07 Å². The van der Waals surface area contributed by atoms with Gasteiger partial charge >= 0.3 is 11.9 Å². The number of aliphatic hydroxyl groups excluding tert-OH is 1. The van der Waals surface area contributed by atoms with Gasteiger partial charge in [0.25, 0.3) is 0 Å². The van der Waals surface area contributed by atoms with Crippen molar-refractivity contribution < 1.29 is 41.4 Å². The Bertz CT molecular complexity index is 3680. The van der Waals surface area contributed by atoms with Gasteiger partial charge in [0, 0.05) is 84.8 Å². The monoisotopic (exact) mass is 1080 g/mol. The molecule has 7 aromatic rings. The van der Waals surface area contributed by atoms with E-state index in [2.05, 4.69) is 36.1 Å². The van der Waals surface area contributed by atoms with Crippen LogP contribution in [0, 0.1) is 16.7 Å². The minimum atomic E-state index is -3.80. The molecule has 0 saturated heterocycles. The van der Waals surface area contributed by atoms with Crippen molar-refractivity contribution in [1.82, 2.24) is 39.1 Å². The molecule has 8 rings (SSSR count). The molecule has 4 aromatic carbocycles. The van der Waals surface area contributed by atoms with E-state index >= 15 is 0 Å². The fourth-order valence-corrected chi connectivity index (χ4v) is 10.9. The number of carboxylic acids is 1. The van der Waals surface area contributed by atoms with E-state index in [0.29, 0.717) is 64.3 Å². The van der Waals surface area contributed by atoms with Crippen LogP contribution in [-0.4, -0.2) is 122 Å². The quantitative estimate of drug-likeness (QED) is 0.0402. The molecule has 0 fully saturated rings. The van der Waals surface area contributed by atoms with Gasteiger partial charge in [0.05, 0.1) is 21.7 Å². The number of nitrogens with one attached hydrogen (secondary N) is 5. The number of pyridine rings is 1. The summed E-state index contributed by atoms with van der Waals surface area (Å²) in [5.74, 6) is -1.58. The van der Waals surface area contributed by atoms with Crippen molar-refractivity contribution in [2.45, 2.75) is 80.4 Å². The Morgan fingerprint density at radius 1 is 0.779 bits per heavy atom. The van der Waals surface area contributed by atoms with Crippen molar-refractivity contribution in [3.05, 3.63) is 154 Å². The van der Waals surface area contributed by atoms with E-state index in [9.17, 15) is 41.9 Å². The van der Waals surface area contributed by atoms with Crippen molar-refractivity contribution in [3.63, 3.8) is 0 Å². The number of rotatable bonds is 23. The summed E-state index contributed by atoms with van der Waals surface area (Å²) in [5, 5.41) is 46.8. The molecule has 23 heteroatoms. The first-order valence-corrected chi connectivity index (χ1v) is 27.6. The summed E-state index contributed by atoms with van der Waals surface area (Å²) in [6.45, 7) is 4.96. The van der Waals surface area contributed by atoms with Gasteiger partial charge < -0.3 is 45.4 Å². The zero-order valence-corrected chi connectivity index (χ0v) is 44.4. The highest BCUT2D eigenvalue weighted by molar-refractivity contribution is 7.89. The Kier molecular flexibility index (Phi) is 17.0. The molecule has 402 valence electrons. The number of aromatic carboxylic acids is 1. The van der Waals surface area contributed by atoms with Crippen LogP contribution in [0.25, 0.3) is 21.8 Å². The molecule has 21 nitrogen and oxygen atoms in total. The number of esters is 1. The van der Waals surface area contributed by atoms with Gasteiger partial charge in [0.2, 0.25) is 20.0 Å². The van der Waals surface area contributed by atoms with Crippen LogP contribution in [0.15, 0.2) is 124 Å². The number of anilines is 1. The molecule has 9 N–H and O–H groups in total. The molecule has 4 atom stereocenters. The number of carbonyl (C=O) groups excluding carboxylic acids is 1. The third kappa shape index (κ3) is 13.1. The summed E-state index contributed by atoms with van der Waals surface area (Å²) < 4.78 is 65.2. The highest BCUT2D eigenvalue weighted by atomic mass is 32.2. The maximum absolute atomic E-state index is 14.8. The topological polar surface area (TPSA) is 312 Å². The van der Waals surface area contributed by atoms with Crippen molar-refractivity contribution in [2.75, 3.05) is 39.5 Å². The Morgan fingerprint density at radius 3 is 1.84 bits per heavy atom. The van der Waals surface area contributed by atoms with Gasteiger partial charge in [-0.05, 0) is 130 Å². The van der Waals surface area contributed by atoms with Crippen LogP contribution in [0.2, 0.25) is 0 Å². The van der Waals surface area contributed by atoms with Gasteiger partial charge in [-0.3, -0.25) is 5.41 Å². The summed E-state index contributed by atoms with van der Waals surface area (Å²) in [5.41, 5.74) is 11.0. The number of fused-ring (bicyclic) bond motifs is 2. The number of hydrogen-bond donors (Lipinski definition) is 8. The first-order chi connectivity index (χ1) is 36.7. The maximum Gasteiger partial charge on any atom is 0.355 e. The van der Waals surface area contributed by atoms with Gasteiger partial charge in [-0.25, -0.2) is 45.8 Å². The Hall–Kier alpha value is -7.82. The van der Waals surface area contributed by atoms with Crippen LogP contribution in [0.5, 0.6) is 0 Å². The van der Waals surface area contributed by atoms with Crippen LogP contribution in [0.3, 0.4) is 0 Å². The Labute approximate surface area is 446 Å². The van der Waals surface area contributed by atoms with Gasteiger partial charge in [0.1, 0.15) is 41.4 Å². The van der Waals surface area contributed by atoms with E-state index < -0.39 is 44.3 Å². The normalized spacial score (nSPS) is 14.6. The average Bonchev–Trinajstić information content (AvgIpc) is 4.02. The molecule has 77 heavy (non-hydrogen) atoms. The van der Waals surface area contributed by atoms with E-state index in [4.69, 9.17) is 15.9 Å². The number of nitriles is 1. The number of aliphatic imine (C=N–C) groups is 1. The lowest BCUT2D eigenvalue weighted by Crippen LogP contribution is -2.46. The lowest BCUT2D eigenvalue weighted by atomic mass is 10.0. The molecule has 4 heterocycles. The highest BCUT2D eigenvalue weighted by Crippen LogP contribution is 2.29. The number of nitrogens with zero attached hydrogens (tertiary/aromatic N) is 6. The summed E-state index contributed by atoms with van der Waals surface area (Å²) >= 11 is 0. The van der Waals surface area contributed by atoms with Gasteiger partial charge in [-0.15, -0.1) is 0 Å². The SMILES string of the molecule is CNS(=O)(=O)c1cccc(Cn2c(C(=O)O)cc3cc(CC(C)NCC(OC(=O)c4cc5cc(CC(C)NCC(O)N6C=NC(=N)CC6)ccc5n4Cc4cccc(S(=O)(=O)NC)c4)c4cnc(N)c(C#N)c4)ccc32)c1. The average molecular weight is 1090 g/mol. The second-order valence-electron chi connectivity index (χ2n) is 18.9. The lowest BCUT2D eigenvalue weighted by molar-refractivity contribution is 0.0279. The third-order valence-corrected chi connectivity index (χ3v) is 16.2. The van der Waals surface area contributed by atoms with Crippen LogP contribution >= 0.6 is 0 Å². The predicted octanol–water partition coefficient (Wildman–Crippen LogP) is 4.73. The molecular formula is C54H60N12O9S2. The van der Waals surface area contributed by atoms with Gasteiger partial charge in [-0.2, -0.15) is 5.26 Å². The van der Waals surface area contributed by atoms with E-state index in [0.717, 1.165) is 11.1 Å². The van der Waals surface area contributed by atoms with Gasteiger partial charge in [0.15, 0.2) is 0 Å². The molecular weight excluding hydrogens is 1020 g/mol. The first-order valence-electron chi connectivity index (χ1n) is 24.7. The number of amidine groups is 1. The molecule has 1 aliphatic rings. The fraction of sp³-hybridized carbons (Fsp3) is 0.296. The van der Waals surface area contributed by atoms with Crippen molar-refractivity contribution in [1.29, 1.82) is 10.7 Å².